The molecule has 2 aromatic carbocycles. The number of anilines is 2. The normalized spacial score (nSPS) is 10.7. The van der Waals surface area contributed by atoms with Crippen LogP contribution < -0.4 is 20.3 Å². The van der Waals surface area contributed by atoms with Gasteiger partial charge in [0.25, 0.3) is 0 Å². The van der Waals surface area contributed by atoms with Gasteiger partial charge in [0.1, 0.15) is 11.6 Å². The lowest BCUT2D eigenvalue weighted by atomic mass is 10.2. The van der Waals surface area contributed by atoms with Gasteiger partial charge in [0.15, 0.2) is 0 Å². The number of aryl methyl sites for hydroxylation is 1. The van der Waals surface area contributed by atoms with E-state index in [0.29, 0.717) is 17.9 Å². The molecule has 1 N–H and O–H groups in total. The molecule has 0 amide bonds. The highest BCUT2D eigenvalue weighted by atomic mass is 35.5. The molecule has 0 aliphatic rings. The molecule has 0 spiro atoms. The monoisotopic (exact) mass is 431 g/mol. The third-order valence-corrected chi connectivity index (χ3v) is 4.61. The number of halogens is 2. The Kier molecular flexibility index (Phi) is 6.95. The molecular weight excluding hydrogens is 409 g/mol. The number of methoxy groups -OCH3 is 1. The summed E-state index contributed by atoms with van der Waals surface area (Å²) < 4.78 is 26.3. The molecule has 0 fully saturated rings. The van der Waals surface area contributed by atoms with E-state index in [0.717, 1.165) is 17.7 Å². The van der Waals surface area contributed by atoms with Gasteiger partial charge in [-0.2, -0.15) is 4.98 Å². The van der Waals surface area contributed by atoms with E-state index in [9.17, 15) is 9.18 Å². The smallest absolute Gasteiger partial charge is 0.316 e. The second kappa shape index (κ2) is 9.63. The molecule has 1 heterocycles. The highest BCUT2D eigenvalue weighted by Crippen LogP contribution is 2.26. The van der Waals surface area contributed by atoms with E-state index in [2.05, 4.69) is 10.3 Å². The minimum Gasteiger partial charge on any atom is -0.494 e. The van der Waals surface area contributed by atoms with Crippen LogP contribution in [0.3, 0.4) is 0 Å². The second-order valence-corrected chi connectivity index (χ2v) is 7.23. The Bertz CT molecular complexity index is 1080. The fourth-order valence-corrected chi connectivity index (χ4v) is 3.14. The highest BCUT2D eigenvalue weighted by molar-refractivity contribution is 6.30. The summed E-state index contributed by atoms with van der Waals surface area (Å²) in [7, 11) is 1.40. The van der Waals surface area contributed by atoms with Crippen LogP contribution in [0.25, 0.3) is 0 Å². The Hall–Kier alpha value is -3.06. The van der Waals surface area contributed by atoms with Gasteiger partial charge < -0.3 is 19.4 Å². The third-order valence-electron chi connectivity index (χ3n) is 4.39. The maximum Gasteiger partial charge on any atom is 0.316 e. The molecule has 0 bridgehead atoms. The summed E-state index contributed by atoms with van der Waals surface area (Å²) in [5, 5.41) is 3.48. The van der Waals surface area contributed by atoms with E-state index in [1.54, 1.807) is 10.6 Å². The lowest BCUT2D eigenvalue weighted by Crippen LogP contribution is -2.19. The van der Waals surface area contributed by atoms with Gasteiger partial charge in [0.2, 0.25) is 11.7 Å². The second-order valence-electron chi connectivity index (χ2n) is 6.79. The molecule has 0 aliphatic carbocycles. The zero-order chi connectivity index (χ0) is 21.7. The van der Waals surface area contributed by atoms with E-state index in [1.807, 2.05) is 32.0 Å². The minimum atomic E-state index is -0.510. The van der Waals surface area contributed by atoms with Crippen LogP contribution in [0.1, 0.15) is 24.5 Å². The summed E-state index contributed by atoms with van der Waals surface area (Å²) in [4.78, 5) is 16.4. The van der Waals surface area contributed by atoms with Gasteiger partial charge in [-0.15, -0.1) is 0 Å². The fourth-order valence-electron chi connectivity index (χ4n) is 2.90. The van der Waals surface area contributed by atoms with Gasteiger partial charge in [-0.25, -0.2) is 4.39 Å². The molecule has 0 unspecified atom stereocenters. The van der Waals surface area contributed by atoms with Gasteiger partial charge in [-0.3, -0.25) is 4.79 Å². The molecule has 6 nitrogen and oxygen atoms in total. The van der Waals surface area contributed by atoms with Crippen LogP contribution in [-0.4, -0.2) is 23.3 Å². The number of hydrogen-bond donors (Lipinski definition) is 1. The summed E-state index contributed by atoms with van der Waals surface area (Å²) in [5.41, 5.74) is 1.80. The zero-order valence-corrected chi connectivity index (χ0v) is 17.8. The van der Waals surface area contributed by atoms with Crippen molar-refractivity contribution in [1.29, 1.82) is 0 Å². The first-order valence-electron chi connectivity index (χ1n) is 9.50. The molecule has 158 valence electrons. The maximum atomic E-state index is 13.8. The van der Waals surface area contributed by atoms with E-state index in [-0.39, 0.29) is 23.3 Å². The molecule has 0 saturated heterocycles. The first kappa shape index (κ1) is 21.6. The molecule has 0 aliphatic heterocycles. The van der Waals surface area contributed by atoms with Crippen molar-refractivity contribution in [1.82, 2.24) is 9.55 Å². The standard InChI is InChI=1S/C22H23ClFN3O3/c1-4-7-30-18-6-5-14(2)19(11-18)25-22-26-21(28)20(29-3)13-27(22)12-15-8-16(23)10-17(24)9-15/h5-6,8-11,13H,4,7,12H2,1-3H3,(H,25,26,28). The van der Waals surface area contributed by atoms with Gasteiger partial charge in [-0.1, -0.05) is 24.6 Å². The Morgan fingerprint density at radius 3 is 2.73 bits per heavy atom. The van der Waals surface area contributed by atoms with Crippen molar-refractivity contribution in [3.05, 3.63) is 74.9 Å². The Morgan fingerprint density at radius 2 is 2.03 bits per heavy atom. The molecule has 30 heavy (non-hydrogen) atoms. The number of ether oxygens (including phenoxy) is 2. The first-order valence-corrected chi connectivity index (χ1v) is 9.88. The molecule has 3 rings (SSSR count). The van der Waals surface area contributed by atoms with Crippen LogP contribution in [0.4, 0.5) is 16.0 Å². The Balaban J connectivity index is 2.00. The van der Waals surface area contributed by atoms with Gasteiger partial charge in [-0.05, 0) is 48.7 Å². The van der Waals surface area contributed by atoms with Gasteiger partial charge in [0, 0.05) is 16.8 Å². The topological polar surface area (TPSA) is 65.4 Å². The lowest BCUT2D eigenvalue weighted by Gasteiger charge is -2.17. The third kappa shape index (κ3) is 5.30. The van der Waals surface area contributed by atoms with Crippen molar-refractivity contribution < 1.29 is 13.9 Å². The minimum absolute atomic E-state index is 0.0831. The first-order chi connectivity index (χ1) is 14.4. The van der Waals surface area contributed by atoms with Crippen LogP contribution in [0.15, 0.2) is 47.4 Å². The quantitative estimate of drug-likeness (QED) is 0.547. The van der Waals surface area contributed by atoms with E-state index >= 15 is 0 Å². The molecule has 3 aromatic rings. The van der Waals surface area contributed by atoms with Crippen molar-refractivity contribution in [3.63, 3.8) is 0 Å². The largest absolute Gasteiger partial charge is 0.494 e. The van der Waals surface area contributed by atoms with Crippen LogP contribution in [0.5, 0.6) is 11.5 Å². The van der Waals surface area contributed by atoms with Crippen LogP contribution in [0.2, 0.25) is 5.02 Å². The van der Waals surface area contributed by atoms with Gasteiger partial charge in [0.05, 0.1) is 26.5 Å². The highest BCUT2D eigenvalue weighted by Gasteiger charge is 2.12. The molecule has 0 atom stereocenters. The average Bonchev–Trinajstić information content (AvgIpc) is 2.69. The SMILES string of the molecule is CCCOc1ccc(C)c(Nc2nc(=O)c(OC)cn2Cc2cc(F)cc(Cl)c2)c1. The van der Waals surface area contributed by atoms with Crippen molar-refractivity contribution in [2.75, 3.05) is 19.0 Å². The summed E-state index contributed by atoms with van der Waals surface area (Å²) >= 11 is 5.98. The predicted molar refractivity (Wildman–Crippen MR) is 116 cm³/mol. The molecule has 0 saturated carbocycles. The number of hydrogen-bond acceptors (Lipinski definition) is 5. The Labute approximate surface area is 179 Å². The van der Waals surface area contributed by atoms with E-state index < -0.39 is 11.4 Å². The summed E-state index contributed by atoms with van der Waals surface area (Å²) in [5.74, 6) is 0.644. The number of nitrogens with one attached hydrogen (secondary N) is 1. The molecular formula is C22H23ClFN3O3. The van der Waals surface area contributed by atoms with Gasteiger partial charge >= 0.3 is 5.56 Å². The molecule has 8 heteroatoms. The molecule has 1 aromatic heterocycles. The molecule has 0 radical (unpaired) electrons. The van der Waals surface area contributed by atoms with Crippen LogP contribution in [0, 0.1) is 12.7 Å². The van der Waals surface area contributed by atoms with Crippen LogP contribution in [-0.2, 0) is 6.54 Å². The van der Waals surface area contributed by atoms with Crippen molar-refractivity contribution in [3.8, 4) is 11.5 Å². The predicted octanol–water partition coefficient (Wildman–Crippen LogP) is 4.93. The van der Waals surface area contributed by atoms with Crippen molar-refractivity contribution >= 4 is 23.2 Å². The Morgan fingerprint density at radius 1 is 1.23 bits per heavy atom. The van der Waals surface area contributed by atoms with Crippen molar-refractivity contribution in [2.24, 2.45) is 0 Å². The number of rotatable bonds is 8. The van der Waals surface area contributed by atoms with E-state index in [1.165, 1.54) is 25.4 Å². The number of benzene rings is 2. The summed E-state index contributed by atoms with van der Waals surface area (Å²) in [6, 6.07) is 9.93. The summed E-state index contributed by atoms with van der Waals surface area (Å²) in [6.07, 6.45) is 2.43. The maximum absolute atomic E-state index is 13.8. The van der Waals surface area contributed by atoms with Crippen LogP contribution >= 0.6 is 11.6 Å². The average molecular weight is 432 g/mol. The van der Waals surface area contributed by atoms with Crippen molar-refractivity contribution in [2.45, 2.75) is 26.8 Å². The zero-order valence-electron chi connectivity index (χ0n) is 17.0. The fraction of sp³-hybridized carbons (Fsp3) is 0.273. The number of aromatic nitrogens is 2. The lowest BCUT2D eigenvalue weighted by molar-refractivity contribution is 0.317. The van der Waals surface area contributed by atoms with E-state index in [4.69, 9.17) is 21.1 Å². The summed E-state index contributed by atoms with van der Waals surface area (Å²) in [6.45, 7) is 4.80. The number of nitrogens with zero attached hydrogens (tertiary/aromatic N) is 2.